The molecule has 0 spiro atoms. The molecule has 186 valence electrons. The van der Waals surface area contributed by atoms with E-state index in [1.54, 1.807) is 37.0 Å². The van der Waals surface area contributed by atoms with Gasteiger partial charge in [0.05, 0.1) is 25.8 Å². The van der Waals surface area contributed by atoms with Crippen LogP contribution in [0, 0.1) is 12.7 Å². The van der Waals surface area contributed by atoms with Crippen LogP contribution in [0.3, 0.4) is 0 Å². The zero-order valence-corrected chi connectivity index (χ0v) is 20.6. The first-order chi connectivity index (χ1) is 16.9. The van der Waals surface area contributed by atoms with Crippen LogP contribution in [0.4, 0.5) is 10.1 Å². The highest BCUT2D eigenvalue weighted by atomic mass is 19.1. The van der Waals surface area contributed by atoms with Gasteiger partial charge in [-0.3, -0.25) is 9.69 Å². The Kier molecular flexibility index (Phi) is 7.31. The molecule has 8 heteroatoms. The van der Waals surface area contributed by atoms with Crippen LogP contribution < -0.4 is 19.9 Å². The van der Waals surface area contributed by atoms with Crippen molar-refractivity contribution in [3.8, 4) is 17.2 Å². The molecule has 1 fully saturated rings. The van der Waals surface area contributed by atoms with Gasteiger partial charge in [0.1, 0.15) is 11.6 Å². The Morgan fingerprint density at radius 2 is 1.63 bits per heavy atom. The van der Waals surface area contributed by atoms with Crippen molar-refractivity contribution in [3.63, 3.8) is 0 Å². The molecule has 35 heavy (non-hydrogen) atoms. The summed E-state index contributed by atoms with van der Waals surface area (Å²) in [5.41, 5.74) is 2.65. The van der Waals surface area contributed by atoms with Gasteiger partial charge in [-0.05, 0) is 61.9 Å². The van der Waals surface area contributed by atoms with Gasteiger partial charge in [-0.25, -0.2) is 4.39 Å². The molecule has 0 amide bonds. The van der Waals surface area contributed by atoms with E-state index in [0.717, 1.165) is 11.3 Å². The van der Waals surface area contributed by atoms with E-state index in [-0.39, 0.29) is 17.1 Å². The number of halogens is 1. The predicted molar refractivity (Wildman–Crippen MR) is 134 cm³/mol. The lowest BCUT2D eigenvalue weighted by Gasteiger charge is -2.40. The van der Waals surface area contributed by atoms with Crippen molar-refractivity contribution >= 4 is 5.69 Å². The monoisotopic (exact) mass is 481 g/mol. The summed E-state index contributed by atoms with van der Waals surface area (Å²) in [7, 11) is 3.15. The van der Waals surface area contributed by atoms with Gasteiger partial charge in [0.25, 0.3) is 5.56 Å². The molecule has 3 aromatic rings. The third-order valence-electron chi connectivity index (χ3n) is 6.71. The van der Waals surface area contributed by atoms with Crippen molar-refractivity contribution in [2.75, 3.05) is 45.3 Å². The van der Waals surface area contributed by atoms with Crippen molar-refractivity contribution < 1.29 is 19.0 Å². The van der Waals surface area contributed by atoms with Gasteiger partial charge in [0.2, 0.25) is 0 Å². The minimum Gasteiger partial charge on any atom is -0.507 e. The third kappa shape index (κ3) is 4.84. The molecule has 1 aliphatic heterocycles. The summed E-state index contributed by atoms with van der Waals surface area (Å²) >= 11 is 0. The fourth-order valence-corrected chi connectivity index (χ4v) is 4.89. The predicted octanol–water partition coefficient (Wildman–Crippen LogP) is 3.95. The van der Waals surface area contributed by atoms with Crippen molar-refractivity contribution in [1.82, 2.24) is 9.47 Å². The molecule has 1 atom stereocenters. The zero-order valence-electron chi connectivity index (χ0n) is 20.6. The second-order valence-electron chi connectivity index (χ2n) is 8.65. The number of methoxy groups -OCH3 is 2. The molecule has 1 saturated heterocycles. The molecule has 2 aromatic carbocycles. The number of pyridine rings is 1. The van der Waals surface area contributed by atoms with Crippen LogP contribution in [0.2, 0.25) is 0 Å². The van der Waals surface area contributed by atoms with Crippen LogP contribution in [0.25, 0.3) is 0 Å². The fourth-order valence-electron chi connectivity index (χ4n) is 4.89. The van der Waals surface area contributed by atoms with Gasteiger partial charge in [0.15, 0.2) is 11.5 Å². The van der Waals surface area contributed by atoms with Crippen LogP contribution in [0.15, 0.2) is 53.3 Å². The summed E-state index contributed by atoms with van der Waals surface area (Å²) < 4.78 is 26.0. The largest absolute Gasteiger partial charge is 0.507 e. The zero-order chi connectivity index (χ0) is 25.1. The number of anilines is 1. The number of hydrogen-bond donors (Lipinski definition) is 1. The van der Waals surface area contributed by atoms with Gasteiger partial charge < -0.3 is 24.0 Å². The first-order valence-electron chi connectivity index (χ1n) is 11.8. The van der Waals surface area contributed by atoms with Gasteiger partial charge in [0, 0.05) is 44.1 Å². The molecule has 1 N–H and O–H groups in total. The maximum Gasteiger partial charge on any atom is 0.259 e. The number of ether oxygens (including phenoxy) is 2. The minimum absolute atomic E-state index is 0.0158. The van der Waals surface area contributed by atoms with Crippen LogP contribution >= 0.6 is 0 Å². The second kappa shape index (κ2) is 10.4. The molecule has 0 saturated carbocycles. The second-order valence-corrected chi connectivity index (χ2v) is 8.65. The Hall–Kier alpha value is -3.52. The minimum atomic E-state index is -0.476. The highest BCUT2D eigenvalue weighted by Gasteiger charge is 2.32. The van der Waals surface area contributed by atoms with Crippen LogP contribution in [-0.4, -0.2) is 55.0 Å². The highest BCUT2D eigenvalue weighted by Crippen LogP contribution is 2.37. The van der Waals surface area contributed by atoms with Crippen LogP contribution in [-0.2, 0) is 6.54 Å². The number of hydrogen-bond acceptors (Lipinski definition) is 6. The number of nitrogens with zero attached hydrogens (tertiary/aromatic N) is 3. The van der Waals surface area contributed by atoms with Crippen molar-refractivity contribution in [3.05, 3.63) is 81.5 Å². The first kappa shape index (κ1) is 24.6. The molecule has 4 rings (SSSR count). The molecule has 7 nitrogen and oxygen atoms in total. The summed E-state index contributed by atoms with van der Waals surface area (Å²) in [4.78, 5) is 18.0. The number of benzene rings is 2. The van der Waals surface area contributed by atoms with E-state index in [4.69, 9.17) is 9.47 Å². The smallest absolute Gasteiger partial charge is 0.259 e. The van der Waals surface area contributed by atoms with Crippen molar-refractivity contribution in [2.45, 2.75) is 26.4 Å². The Balaban J connectivity index is 1.75. The topological polar surface area (TPSA) is 67.2 Å². The Morgan fingerprint density at radius 1 is 0.971 bits per heavy atom. The van der Waals surface area contributed by atoms with E-state index in [2.05, 4.69) is 9.80 Å². The maximum absolute atomic E-state index is 13.6. The number of rotatable bonds is 7. The lowest BCUT2D eigenvalue weighted by atomic mass is 9.95. The van der Waals surface area contributed by atoms with Gasteiger partial charge in [-0.15, -0.1) is 0 Å². The average molecular weight is 482 g/mol. The molecule has 0 aliphatic carbocycles. The quantitative estimate of drug-likeness (QED) is 0.551. The summed E-state index contributed by atoms with van der Waals surface area (Å²) in [6, 6.07) is 13.3. The molecular weight excluding hydrogens is 449 g/mol. The summed E-state index contributed by atoms with van der Waals surface area (Å²) in [6.45, 7) is 6.94. The Bertz CT molecular complexity index is 1230. The molecule has 1 aromatic heterocycles. The summed E-state index contributed by atoms with van der Waals surface area (Å²) in [5.74, 6) is 0.874. The number of aryl methyl sites for hydroxylation is 1. The van der Waals surface area contributed by atoms with Crippen LogP contribution in [0.5, 0.6) is 17.2 Å². The molecule has 1 aliphatic rings. The lowest BCUT2D eigenvalue weighted by molar-refractivity contribution is 0.207. The third-order valence-corrected chi connectivity index (χ3v) is 6.71. The number of piperazine rings is 1. The summed E-state index contributed by atoms with van der Waals surface area (Å²) in [6.07, 6.45) is 0. The highest BCUT2D eigenvalue weighted by molar-refractivity contribution is 5.49. The number of aromatic hydroxyl groups is 1. The van der Waals surface area contributed by atoms with Gasteiger partial charge in [-0.1, -0.05) is 6.07 Å². The van der Waals surface area contributed by atoms with E-state index in [1.165, 1.54) is 12.1 Å². The lowest BCUT2D eigenvalue weighted by Crippen LogP contribution is -2.49. The maximum atomic E-state index is 13.6. The van der Waals surface area contributed by atoms with E-state index in [0.29, 0.717) is 55.5 Å². The molecule has 0 radical (unpaired) electrons. The number of aromatic nitrogens is 1. The van der Waals surface area contributed by atoms with Crippen LogP contribution in [0.1, 0.15) is 29.8 Å². The molecule has 2 heterocycles. The fraction of sp³-hybridized carbons (Fsp3) is 0.370. The average Bonchev–Trinajstić information content (AvgIpc) is 2.87. The van der Waals surface area contributed by atoms with Crippen molar-refractivity contribution in [2.24, 2.45) is 0 Å². The SMILES string of the molecule is CCn1c(C)cc(O)c([C@@H](c2ccc(OC)c(OC)c2)N2CCN(c3ccc(F)cc3)CC2)c1=O. The molecule has 0 unspecified atom stereocenters. The Labute approximate surface area is 204 Å². The van der Waals surface area contributed by atoms with E-state index in [1.807, 2.05) is 32.0 Å². The van der Waals surface area contributed by atoms with E-state index < -0.39 is 6.04 Å². The molecule has 0 bridgehead atoms. The normalized spacial score (nSPS) is 15.2. The standard InChI is InChI=1S/C27H32FN3O4/c1-5-31-18(2)16-22(32)25(27(31)33)26(19-6-11-23(34-3)24(17-19)35-4)30-14-12-29(13-15-30)21-9-7-20(28)8-10-21/h6-11,16-17,26,32H,5,12-15H2,1-4H3/t26-/m1/s1. The van der Waals surface area contributed by atoms with E-state index >= 15 is 0 Å². The Morgan fingerprint density at radius 3 is 2.23 bits per heavy atom. The van der Waals surface area contributed by atoms with Gasteiger partial charge >= 0.3 is 0 Å². The summed E-state index contributed by atoms with van der Waals surface area (Å²) in [5, 5.41) is 11.0. The van der Waals surface area contributed by atoms with Crippen molar-refractivity contribution in [1.29, 1.82) is 0 Å². The van der Waals surface area contributed by atoms with Gasteiger partial charge in [-0.2, -0.15) is 0 Å². The first-order valence-corrected chi connectivity index (χ1v) is 11.8. The van der Waals surface area contributed by atoms with E-state index in [9.17, 15) is 14.3 Å². The molecular formula is C27H32FN3O4.